The summed E-state index contributed by atoms with van der Waals surface area (Å²) < 4.78 is 2.10. The van der Waals surface area contributed by atoms with Crippen molar-refractivity contribution < 1.29 is 4.79 Å². The number of para-hydroxylation sites is 3. The summed E-state index contributed by atoms with van der Waals surface area (Å²) in [6.45, 7) is 2.87. The fourth-order valence-electron chi connectivity index (χ4n) is 4.65. The van der Waals surface area contributed by atoms with Crippen LogP contribution < -0.4 is 0 Å². The Labute approximate surface area is 180 Å². The number of aromatic nitrogens is 3. The van der Waals surface area contributed by atoms with Crippen molar-refractivity contribution in [3.8, 4) is 0 Å². The van der Waals surface area contributed by atoms with Gasteiger partial charge < -0.3 is 4.90 Å². The van der Waals surface area contributed by atoms with Crippen molar-refractivity contribution in [2.24, 2.45) is 0 Å². The number of thioether (sulfide) groups is 1. The van der Waals surface area contributed by atoms with Gasteiger partial charge in [0.2, 0.25) is 5.91 Å². The molecule has 0 atom stereocenters. The van der Waals surface area contributed by atoms with E-state index in [1.807, 2.05) is 36.4 Å². The van der Waals surface area contributed by atoms with Crippen LogP contribution in [0.15, 0.2) is 53.7 Å². The molecule has 2 aromatic heterocycles. The van der Waals surface area contributed by atoms with E-state index in [1.165, 1.54) is 31.0 Å². The summed E-state index contributed by atoms with van der Waals surface area (Å²) in [6, 6.07) is 16.6. The van der Waals surface area contributed by atoms with Crippen LogP contribution in [0, 0.1) is 0 Å². The summed E-state index contributed by atoms with van der Waals surface area (Å²) in [5.74, 6) is 0.610. The molecule has 0 N–H and O–H groups in total. The van der Waals surface area contributed by atoms with E-state index in [4.69, 9.17) is 9.97 Å². The maximum absolute atomic E-state index is 13.1. The van der Waals surface area contributed by atoms with E-state index in [9.17, 15) is 4.79 Å². The lowest BCUT2D eigenvalue weighted by atomic mass is 9.94. The van der Waals surface area contributed by atoms with Crippen LogP contribution in [0.25, 0.3) is 27.6 Å². The third-order valence-corrected chi connectivity index (χ3v) is 7.04. The second-order valence-electron chi connectivity index (χ2n) is 7.93. The van der Waals surface area contributed by atoms with Gasteiger partial charge in [-0.1, -0.05) is 55.3 Å². The van der Waals surface area contributed by atoms with Crippen molar-refractivity contribution in [3.63, 3.8) is 0 Å². The Bertz CT molecular complexity index is 1210. The molecule has 1 fully saturated rings. The zero-order valence-electron chi connectivity index (χ0n) is 17.3. The van der Waals surface area contributed by atoms with Gasteiger partial charge in [0, 0.05) is 18.0 Å². The molecule has 1 aliphatic rings. The minimum Gasteiger partial charge on any atom is -0.339 e. The molecule has 0 spiro atoms. The van der Waals surface area contributed by atoms with Crippen LogP contribution in [0.1, 0.15) is 39.0 Å². The second kappa shape index (κ2) is 8.26. The average molecular weight is 419 g/mol. The second-order valence-corrected chi connectivity index (χ2v) is 8.87. The first-order valence-electron chi connectivity index (χ1n) is 10.8. The molecular formula is C24H26N4OS. The van der Waals surface area contributed by atoms with Gasteiger partial charge in [-0.05, 0) is 44.0 Å². The number of hydrogen-bond acceptors (Lipinski definition) is 4. The molecule has 0 bridgehead atoms. The Morgan fingerprint density at radius 1 is 1.03 bits per heavy atom. The molecule has 0 saturated heterocycles. The van der Waals surface area contributed by atoms with E-state index in [-0.39, 0.29) is 5.91 Å². The monoisotopic (exact) mass is 418 g/mol. The normalized spacial score (nSPS) is 15.2. The van der Waals surface area contributed by atoms with E-state index < -0.39 is 0 Å². The number of benzene rings is 2. The summed E-state index contributed by atoms with van der Waals surface area (Å²) >= 11 is 1.52. The highest BCUT2D eigenvalue weighted by atomic mass is 32.2. The summed E-state index contributed by atoms with van der Waals surface area (Å²) in [5.41, 5.74) is 3.79. The van der Waals surface area contributed by atoms with Gasteiger partial charge in [-0.15, -0.1) is 0 Å². The first-order chi connectivity index (χ1) is 14.8. The van der Waals surface area contributed by atoms with Crippen molar-refractivity contribution in [1.29, 1.82) is 0 Å². The number of amides is 1. The zero-order chi connectivity index (χ0) is 20.5. The van der Waals surface area contributed by atoms with Crippen LogP contribution in [0.4, 0.5) is 0 Å². The predicted octanol–water partition coefficient (Wildman–Crippen LogP) is 5.31. The molecule has 1 amide bonds. The molecule has 2 aromatic carbocycles. The van der Waals surface area contributed by atoms with E-state index in [2.05, 4.69) is 28.4 Å². The maximum Gasteiger partial charge on any atom is 0.233 e. The third kappa shape index (κ3) is 3.43. The number of carbonyl (C=O) groups excluding carboxylic acids is 1. The van der Waals surface area contributed by atoms with E-state index in [1.54, 1.807) is 0 Å². The first-order valence-corrected chi connectivity index (χ1v) is 11.8. The van der Waals surface area contributed by atoms with Gasteiger partial charge in [-0.25, -0.2) is 9.97 Å². The summed E-state index contributed by atoms with van der Waals surface area (Å²) in [5, 5.41) is 1.85. The highest BCUT2D eigenvalue weighted by Gasteiger charge is 2.24. The first kappa shape index (κ1) is 19.4. The van der Waals surface area contributed by atoms with Crippen molar-refractivity contribution in [2.75, 3.05) is 12.3 Å². The molecule has 30 heavy (non-hydrogen) atoms. The van der Waals surface area contributed by atoms with Crippen molar-refractivity contribution in [3.05, 3.63) is 48.5 Å². The van der Waals surface area contributed by atoms with Crippen LogP contribution in [-0.4, -0.2) is 43.5 Å². The molecule has 154 valence electrons. The van der Waals surface area contributed by atoms with E-state index >= 15 is 0 Å². The molecule has 2 heterocycles. The molecule has 1 saturated carbocycles. The number of rotatable bonds is 5. The molecule has 0 unspecified atom stereocenters. The highest BCUT2D eigenvalue weighted by Crippen LogP contribution is 2.30. The summed E-state index contributed by atoms with van der Waals surface area (Å²) in [6.07, 6.45) is 6.03. The van der Waals surface area contributed by atoms with Crippen LogP contribution >= 0.6 is 11.8 Å². The Morgan fingerprint density at radius 2 is 1.77 bits per heavy atom. The SMILES string of the molecule is CCN(C(=O)CSc1nc2ccccc2c2nc3ccccc3n12)C1CCCCC1. The Hall–Kier alpha value is -2.60. The van der Waals surface area contributed by atoms with Crippen molar-refractivity contribution in [1.82, 2.24) is 19.3 Å². The van der Waals surface area contributed by atoms with Crippen molar-refractivity contribution >= 4 is 45.3 Å². The van der Waals surface area contributed by atoms with Gasteiger partial charge in [0.25, 0.3) is 0 Å². The summed E-state index contributed by atoms with van der Waals surface area (Å²) in [4.78, 5) is 25.0. The quantitative estimate of drug-likeness (QED) is 0.326. The number of carbonyl (C=O) groups is 1. The third-order valence-electron chi connectivity index (χ3n) is 6.11. The molecule has 4 aromatic rings. The molecule has 5 nitrogen and oxygen atoms in total. The van der Waals surface area contributed by atoms with Gasteiger partial charge in [0.15, 0.2) is 5.16 Å². The van der Waals surface area contributed by atoms with Gasteiger partial charge in [-0.2, -0.15) is 0 Å². The molecule has 0 aliphatic heterocycles. The highest BCUT2D eigenvalue weighted by molar-refractivity contribution is 7.99. The van der Waals surface area contributed by atoms with Gasteiger partial charge in [0.05, 0.1) is 22.3 Å². The molecule has 0 radical (unpaired) electrons. The van der Waals surface area contributed by atoms with Gasteiger partial charge >= 0.3 is 0 Å². The van der Waals surface area contributed by atoms with Crippen LogP contribution in [-0.2, 0) is 4.79 Å². The van der Waals surface area contributed by atoms with Crippen LogP contribution in [0.5, 0.6) is 0 Å². The fourth-order valence-corrected chi connectivity index (χ4v) is 5.55. The zero-order valence-corrected chi connectivity index (χ0v) is 18.1. The Kier molecular flexibility index (Phi) is 5.34. The smallest absolute Gasteiger partial charge is 0.233 e. The van der Waals surface area contributed by atoms with Gasteiger partial charge in [-0.3, -0.25) is 9.20 Å². The Balaban J connectivity index is 1.51. The number of imidazole rings is 1. The molecule has 5 rings (SSSR count). The molecular weight excluding hydrogens is 392 g/mol. The lowest BCUT2D eigenvalue weighted by Crippen LogP contribution is -2.42. The molecule has 6 heteroatoms. The van der Waals surface area contributed by atoms with Crippen molar-refractivity contribution in [2.45, 2.75) is 50.2 Å². The standard InChI is InChI=1S/C24H26N4OS/c1-2-27(17-10-4-3-5-11-17)22(29)16-30-24-26-19-13-7-6-12-18(19)23-25-20-14-8-9-15-21(20)28(23)24/h6-9,12-15,17H,2-5,10-11,16H2,1H3. The van der Waals surface area contributed by atoms with Crippen LogP contribution in [0.2, 0.25) is 0 Å². The topological polar surface area (TPSA) is 50.5 Å². The van der Waals surface area contributed by atoms with Gasteiger partial charge in [0.1, 0.15) is 5.65 Å². The lowest BCUT2D eigenvalue weighted by Gasteiger charge is -2.33. The van der Waals surface area contributed by atoms with E-state index in [0.717, 1.165) is 52.1 Å². The maximum atomic E-state index is 13.1. The minimum atomic E-state index is 0.210. The van der Waals surface area contributed by atoms with Crippen LogP contribution in [0.3, 0.4) is 0 Å². The summed E-state index contributed by atoms with van der Waals surface area (Å²) in [7, 11) is 0. The number of hydrogen-bond donors (Lipinski definition) is 0. The average Bonchev–Trinajstić information content (AvgIpc) is 3.19. The predicted molar refractivity (Wildman–Crippen MR) is 123 cm³/mol. The lowest BCUT2D eigenvalue weighted by molar-refractivity contribution is -0.131. The number of nitrogens with zero attached hydrogens (tertiary/aromatic N) is 4. The Morgan fingerprint density at radius 3 is 2.57 bits per heavy atom. The largest absolute Gasteiger partial charge is 0.339 e. The minimum absolute atomic E-state index is 0.210. The fraction of sp³-hybridized carbons (Fsp3) is 0.375. The van der Waals surface area contributed by atoms with E-state index in [0.29, 0.717) is 11.8 Å². The number of fused-ring (bicyclic) bond motifs is 5. The molecule has 1 aliphatic carbocycles.